The zero-order chi connectivity index (χ0) is 17.4. The Balaban J connectivity index is 2.24. The van der Waals surface area contributed by atoms with Crippen molar-refractivity contribution in [1.82, 2.24) is 0 Å². The fourth-order valence-corrected chi connectivity index (χ4v) is 4.11. The topological polar surface area (TPSA) is 109 Å². The van der Waals surface area contributed by atoms with E-state index in [2.05, 4.69) is 11.4 Å². The summed E-state index contributed by atoms with van der Waals surface area (Å²) in [4.78, 5) is 23.1. The van der Waals surface area contributed by atoms with Gasteiger partial charge in [0.1, 0.15) is 24.3 Å². The number of rotatable bonds is 5. The lowest BCUT2D eigenvalue weighted by Crippen LogP contribution is -2.24. The van der Waals surface area contributed by atoms with E-state index in [0.717, 1.165) is 10.4 Å². The van der Waals surface area contributed by atoms with Gasteiger partial charge in [0.15, 0.2) is 0 Å². The zero-order valence-corrected chi connectivity index (χ0v) is 14.2. The molecule has 2 heterocycles. The molecule has 0 fully saturated rings. The number of carboxylic acid groups (broad SMARTS) is 1. The van der Waals surface area contributed by atoms with Gasteiger partial charge in [-0.15, -0.1) is 11.3 Å². The van der Waals surface area contributed by atoms with Gasteiger partial charge in [-0.1, -0.05) is 0 Å². The van der Waals surface area contributed by atoms with Crippen molar-refractivity contribution >= 4 is 28.2 Å². The van der Waals surface area contributed by atoms with Crippen LogP contribution in [0, 0.1) is 11.3 Å². The van der Waals surface area contributed by atoms with E-state index in [-0.39, 0.29) is 6.61 Å². The smallest absolute Gasteiger partial charge is 0.329 e. The van der Waals surface area contributed by atoms with Crippen LogP contribution in [0.3, 0.4) is 0 Å². The van der Waals surface area contributed by atoms with Crippen LogP contribution in [0.4, 0.5) is 5.00 Å². The summed E-state index contributed by atoms with van der Waals surface area (Å²) in [5.74, 6) is -1.65. The molecule has 1 aromatic rings. The minimum absolute atomic E-state index is 0.382. The summed E-state index contributed by atoms with van der Waals surface area (Å²) in [6.07, 6.45) is 0. The molecule has 124 valence electrons. The Labute approximate surface area is 137 Å². The fourth-order valence-electron chi connectivity index (χ4n) is 2.75. The molecule has 0 spiro atoms. The molecule has 0 saturated heterocycles. The number of nitrogens with one attached hydrogen (secondary N) is 1. The minimum Gasteiger partial charge on any atom is -0.480 e. The Bertz CT molecular complexity index is 699. The summed E-state index contributed by atoms with van der Waals surface area (Å²) in [5.41, 5.74) is 0.00468. The Hall–Kier alpha value is -1.95. The Kier molecular flexibility index (Phi) is 4.48. The van der Waals surface area contributed by atoms with E-state index in [9.17, 15) is 14.9 Å². The molecular weight excluding hydrogens is 320 g/mol. The highest BCUT2D eigenvalue weighted by atomic mass is 32.1. The predicted octanol–water partition coefficient (Wildman–Crippen LogP) is 2.16. The second-order valence-corrected chi connectivity index (χ2v) is 7.20. The Morgan fingerprint density at radius 2 is 1.96 bits per heavy atom. The van der Waals surface area contributed by atoms with E-state index in [1.165, 1.54) is 11.3 Å². The molecule has 1 aromatic heterocycles. The fraction of sp³-hybridized carbons (Fsp3) is 0.533. The normalized spacial score (nSPS) is 17.3. The van der Waals surface area contributed by atoms with Crippen molar-refractivity contribution < 1.29 is 24.2 Å². The van der Waals surface area contributed by atoms with Crippen molar-refractivity contribution in [1.29, 1.82) is 5.26 Å². The third-order valence-electron chi connectivity index (χ3n) is 3.39. The van der Waals surface area contributed by atoms with Crippen LogP contribution in [0.25, 0.3) is 0 Å². The highest BCUT2D eigenvalue weighted by Crippen LogP contribution is 2.53. The van der Waals surface area contributed by atoms with Gasteiger partial charge in [0, 0.05) is 10.4 Å². The molecular formula is C15H18N2O5S. The molecule has 23 heavy (non-hydrogen) atoms. The molecule has 8 heteroatoms. The van der Waals surface area contributed by atoms with Gasteiger partial charge in [0.25, 0.3) is 5.91 Å². The van der Waals surface area contributed by atoms with Gasteiger partial charge in [0.05, 0.1) is 16.8 Å². The first-order valence-corrected chi connectivity index (χ1v) is 7.77. The molecule has 0 aromatic carbocycles. The molecule has 0 bridgehead atoms. The number of carbonyl (C=O) groups is 2. The molecule has 2 N–H and O–H groups in total. The average molecular weight is 338 g/mol. The number of hydrogen-bond acceptors (Lipinski definition) is 6. The van der Waals surface area contributed by atoms with Crippen molar-refractivity contribution in [3.8, 4) is 6.07 Å². The second-order valence-electron chi connectivity index (χ2n) is 6.18. The van der Waals surface area contributed by atoms with Crippen molar-refractivity contribution in [2.24, 2.45) is 0 Å². The SMILES string of the molecule is CC1(C)OC(C)(C)c2c1sc(NC(=O)COCC(=O)O)c2C#N. The summed E-state index contributed by atoms with van der Waals surface area (Å²) < 4.78 is 10.7. The van der Waals surface area contributed by atoms with Crippen LogP contribution < -0.4 is 5.32 Å². The summed E-state index contributed by atoms with van der Waals surface area (Å²) >= 11 is 1.30. The lowest BCUT2D eigenvalue weighted by molar-refractivity contribution is -0.143. The van der Waals surface area contributed by atoms with Crippen molar-refractivity contribution in [3.05, 3.63) is 16.0 Å². The number of nitriles is 1. The maximum absolute atomic E-state index is 11.8. The van der Waals surface area contributed by atoms with Crippen molar-refractivity contribution in [2.45, 2.75) is 38.9 Å². The van der Waals surface area contributed by atoms with Crippen LogP contribution in [0.1, 0.15) is 43.7 Å². The van der Waals surface area contributed by atoms with E-state index in [0.29, 0.717) is 10.6 Å². The average Bonchev–Trinajstić information content (AvgIpc) is 2.84. The largest absolute Gasteiger partial charge is 0.480 e. The van der Waals surface area contributed by atoms with Gasteiger partial charge in [-0.25, -0.2) is 4.79 Å². The van der Waals surface area contributed by atoms with Gasteiger partial charge >= 0.3 is 5.97 Å². The molecule has 0 unspecified atom stereocenters. The van der Waals surface area contributed by atoms with Crippen molar-refractivity contribution in [2.75, 3.05) is 18.5 Å². The van der Waals surface area contributed by atoms with Crippen LogP contribution in [0.15, 0.2) is 0 Å². The van der Waals surface area contributed by atoms with E-state index >= 15 is 0 Å². The third-order valence-corrected chi connectivity index (χ3v) is 4.80. The molecule has 0 atom stereocenters. The highest BCUT2D eigenvalue weighted by molar-refractivity contribution is 7.17. The molecule has 0 radical (unpaired) electrons. The number of anilines is 1. The first-order chi connectivity index (χ1) is 10.6. The molecule has 1 aliphatic rings. The number of carboxylic acids is 1. The number of aliphatic carboxylic acids is 1. The van der Waals surface area contributed by atoms with Crippen LogP contribution in [-0.2, 0) is 30.3 Å². The van der Waals surface area contributed by atoms with Crippen LogP contribution in [0.5, 0.6) is 0 Å². The molecule has 1 amide bonds. The van der Waals surface area contributed by atoms with E-state index < -0.39 is 29.7 Å². The number of carbonyl (C=O) groups excluding carboxylic acids is 1. The van der Waals surface area contributed by atoms with E-state index in [4.69, 9.17) is 14.6 Å². The van der Waals surface area contributed by atoms with E-state index in [1.807, 2.05) is 27.7 Å². The number of thiophene rings is 1. The highest BCUT2D eigenvalue weighted by Gasteiger charge is 2.47. The summed E-state index contributed by atoms with van der Waals surface area (Å²) in [5, 5.41) is 21.0. The first-order valence-electron chi connectivity index (χ1n) is 6.96. The summed E-state index contributed by atoms with van der Waals surface area (Å²) in [7, 11) is 0. The molecule has 7 nitrogen and oxygen atoms in total. The first kappa shape index (κ1) is 17.4. The standard InChI is InChI=1S/C15H18N2O5S/c1-14(2)11-8(5-16)13(23-12(11)15(3,4)22-14)17-9(18)6-21-7-10(19)20/h6-7H2,1-4H3,(H,17,18)(H,19,20). The van der Waals surface area contributed by atoms with Gasteiger partial charge in [-0.2, -0.15) is 5.26 Å². The predicted molar refractivity (Wildman–Crippen MR) is 83.3 cm³/mol. The van der Waals surface area contributed by atoms with Crippen LogP contribution in [-0.4, -0.2) is 30.2 Å². The van der Waals surface area contributed by atoms with Gasteiger partial charge in [-0.3, -0.25) is 4.79 Å². The molecule has 0 aliphatic carbocycles. The van der Waals surface area contributed by atoms with Crippen LogP contribution in [0.2, 0.25) is 0 Å². The molecule has 2 rings (SSSR count). The maximum atomic E-state index is 11.8. The number of ether oxygens (including phenoxy) is 2. The lowest BCUT2D eigenvalue weighted by atomic mass is 9.94. The maximum Gasteiger partial charge on any atom is 0.329 e. The number of amides is 1. The number of fused-ring (bicyclic) bond motifs is 1. The summed E-state index contributed by atoms with van der Waals surface area (Å²) in [6.45, 7) is 6.67. The van der Waals surface area contributed by atoms with Gasteiger partial charge < -0.3 is 19.9 Å². The second kappa shape index (κ2) is 5.92. The monoisotopic (exact) mass is 338 g/mol. The molecule has 1 aliphatic heterocycles. The van der Waals surface area contributed by atoms with Gasteiger partial charge in [0.2, 0.25) is 0 Å². The zero-order valence-electron chi connectivity index (χ0n) is 13.3. The lowest BCUT2D eigenvalue weighted by Gasteiger charge is -2.25. The Morgan fingerprint density at radius 3 is 2.52 bits per heavy atom. The Morgan fingerprint density at radius 1 is 1.30 bits per heavy atom. The minimum atomic E-state index is -1.15. The van der Waals surface area contributed by atoms with Crippen molar-refractivity contribution in [3.63, 3.8) is 0 Å². The number of nitrogens with zero attached hydrogens (tertiary/aromatic N) is 1. The number of hydrogen-bond donors (Lipinski definition) is 2. The van der Waals surface area contributed by atoms with E-state index in [1.54, 1.807) is 0 Å². The quantitative estimate of drug-likeness (QED) is 0.851. The van der Waals surface area contributed by atoms with Crippen LogP contribution >= 0.6 is 11.3 Å². The third kappa shape index (κ3) is 3.37. The molecule has 0 saturated carbocycles. The van der Waals surface area contributed by atoms with Gasteiger partial charge in [-0.05, 0) is 27.7 Å². The summed E-state index contributed by atoms with van der Waals surface area (Å²) in [6, 6.07) is 2.13.